The minimum atomic E-state index is -4.21. The molecule has 14 heteroatoms. The van der Waals surface area contributed by atoms with Crippen molar-refractivity contribution in [3.63, 3.8) is 0 Å². The molecule has 2 saturated heterocycles. The van der Waals surface area contributed by atoms with E-state index in [9.17, 15) is 40.4 Å². The Balaban J connectivity index is 1.46. The largest absolute Gasteiger partial charge is 0.391 e. The number of halogens is 5. The van der Waals surface area contributed by atoms with E-state index in [4.69, 9.17) is 0 Å². The van der Waals surface area contributed by atoms with Gasteiger partial charge in [-0.05, 0) is 80.7 Å². The van der Waals surface area contributed by atoms with Gasteiger partial charge in [-0.2, -0.15) is 27.2 Å². The summed E-state index contributed by atoms with van der Waals surface area (Å²) in [7, 11) is -3.41. The highest BCUT2D eigenvalue weighted by Gasteiger charge is 2.43. The molecule has 8 nitrogen and oxygen atoms in total. The Labute approximate surface area is 260 Å². The highest BCUT2D eigenvalue weighted by molar-refractivity contribution is 7.91. The monoisotopic (exact) mass is 656 g/mol. The SMILES string of the molecule is CCS(=O)(=O)c1ccc([C@H](CC#N)NC(=O)c2ccc(N3C[C@H](N4CCC(C(F)(F)F)CC4)CCC3COC(F)F)cc2)cc1. The van der Waals surface area contributed by atoms with Crippen LogP contribution < -0.4 is 10.2 Å². The summed E-state index contributed by atoms with van der Waals surface area (Å²) in [6.07, 6.45) is -3.07. The first-order chi connectivity index (χ1) is 21.3. The maximum Gasteiger partial charge on any atom is 0.391 e. The van der Waals surface area contributed by atoms with Crippen LogP contribution in [0.2, 0.25) is 0 Å². The summed E-state index contributed by atoms with van der Waals surface area (Å²) in [5, 5.41) is 12.2. The number of amides is 1. The van der Waals surface area contributed by atoms with Crippen LogP contribution in [0.1, 0.15) is 61.0 Å². The summed E-state index contributed by atoms with van der Waals surface area (Å²) >= 11 is 0. The molecule has 0 radical (unpaired) electrons. The van der Waals surface area contributed by atoms with Crippen LogP contribution in [0.3, 0.4) is 0 Å². The lowest BCUT2D eigenvalue weighted by atomic mass is 9.91. The minimum Gasteiger partial charge on any atom is -0.365 e. The summed E-state index contributed by atoms with van der Waals surface area (Å²) in [6.45, 7) is -0.601. The minimum absolute atomic E-state index is 0.0243. The second kappa shape index (κ2) is 14.9. The number of nitrogens with one attached hydrogen (secondary N) is 1. The van der Waals surface area contributed by atoms with Gasteiger partial charge in [0.15, 0.2) is 9.84 Å². The van der Waals surface area contributed by atoms with Crippen molar-refractivity contribution in [1.29, 1.82) is 5.26 Å². The molecule has 0 aliphatic carbocycles. The lowest BCUT2D eigenvalue weighted by Gasteiger charge is -2.46. The molecule has 0 saturated carbocycles. The zero-order chi connectivity index (χ0) is 32.8. The van der Waals surface area contributed by atoms with Crippen LogP contribution in [-0.4, -0.2) is 76.1 Å². The number of likely N-dealkylation sites (tertiary alicyclic amines) is 1. The van der Waals surface area contributed by atoms with Gasteiger partial charge >= 0.3 is 12.8 Å². The maximum absolute atomic E-state index is 13.2. The molecule has 246 valence electrons. The number of nitriles is 1. The molecule has 3 atom stereocenters. The number of sulfone groups is 1. The summed E-state index contributed by atoms with van der Waals surface area (Å²) in [4.78, 5) is 17.2. The molecule has 2 fully saturated rings. The zero-order valence-corrected chi connectivity index (χ0v) is 25.7. The third-order valence-corrected chi connectivity index (χ3v) is 10.4. The van der Waals surface area contributed by atoms with Crippen molar-refractivity contribution in [2.75, 3.05) is 36.9 Å². The topological polar surface area (TPSA) is 103 Å². The first-order valence-electron chi connectivity index (χ1n) is 14.9. The van der Waals surface area contributed by atoms with Gasteiger partial charge in [-0.3, -0.25) is 9.69 Å². The molecule has 0 spiro atoms. The Morgan fingerprint density at radius 3 is 2.24 bits per heavy atom. The Bertz CT molecular complexity index is 1420. The van der Waals surface area contributed by atoms with Crippen LogP contribution in [-0.2, 0) is 14.6 Å². The van der Waals surface area contributed by atoms with E-state index in [-0.39, 0.29) is 54.2 Å². The number of carbonyl (C=O) groups is 1. The fraction of sp³-hybridized carbons (Fsp3) is 0.548. The molecule has 2 aliphatic heterocycles. The molecule has 2 aliphatic rings. The van der Waals surface area contributed by atoms with Gasteiger partial charge in [0.2, 0.25) is 0 Å². The number of hydrogen-bond donors (Lipinski definition) is 1. The summed E-state index contributed by atoms with van der Waals surface area (Å²) in [5.74, 6) is -1.84. The zero-order valence-electron chi connectivity index (χ0n) is 24.8. The Kier molecular flexibility index (Phi) is 11.4. The molecule has 1 amide bonds. The molecule has 45 heavy (non-hydrogen) atoms. The Morgan fingerprint density at radius 2 is 1.69 bits per heavy atom. The number of rotatable bonds is 11. The number of alkyl halides is 5. The summed E-state index contributed by atoms with van der Waals surface area (Å²) in [6, 6.07) is 13.4. The van der Waals surface area contributed by atoms with Gasteiger partial charge in [0.05, 0.1) is 47.7 Å². The molecule has 0 aromatic heterocycles. The van der Waals surface area contributed by atoms with Gasteiger partial charge in [-0.1, -0.05) is 19.1 Å². The van der Waals surface area contributed by atoms with E-state index < -0.39 is 40.5 Å². The fourth-order valence-electron chi connectivity index (χ4n) is 6.03. The molecular weight excluding hydrogens is 619 g/mol. The number of nitrogens with zero attached hydrogens (tertiary/aromatic N) is 3. The third-order valence-electron chi connectivity index (χ3n) is 8.69. The predicted octanol–water partition coefficient (Wildman–Crippen LogP) is 5.72. The van der Waals surface area contributed by atoms with Crippen molar-refractivity contribution in [3.8, 4) is 6.07 Å². The van der Waals surface area contributed by atoms with Gasteiger partial charge in [0, 0.05) is 23.8 Å². The predicted molar refractivity (Wildman–Crippen MR) is 158 cm³/mol. The second-order valence-electron chi connectivity index (χ2n) is 11.4. The van der Waals surface area contributed by atoms with E-state index in [2.05, 4.69) is 10.1 Å². The van der Waals surface area contributed by atoms with Crippen LogP contribution >= 0.6 is 0 Å². The molecule has 0 bridgehead atoms. The van der Waals surface area contributed by atoms with Crippen LogP contribution in [0.15, 0.2) is 53.4 Å². The summed E-state index contributed by atoms with van der Waals surface area (Å²) < 4.78 is 94.2. The molecule has 2 aromatic rings. The van der Waals surface area contributed by atoms with Crippen LogP contribution in [0.25, 0.3) is 0 Å². The maximum atomic E-state index is 13.2. The molecular formula is C31H37F5N4O4S. The molecule has 4 rings (SSSR count). The molecule has 2 aromatic carbocycles. The van der Waals surface area contributed by atoms with Gasteiger partial charge < -0.3 is 15.0 Å². The van der Waals surface area contributed by atoms with Gasteiger partial charge in [-0.15, -0.1) is 0 Å². The van der Waals surface area contributed by atoms with Crippen molar-refractivity contribution in [3.05, 3.63) is 59.7 Å². The lowest BCUT2D eigenvalue weighted by Crippen LogP contribution is -2.55. The molecule has 1 N–H and O–H groups in total. The number of piperidine rings is 2. The number of carbonyl (C=O) groups excluding carboxylic acids is 1. The van der Waals surface area contributed by atoms with E-state index in [0.29, 0.717) is 43.7 Å². The van der Waals surface area contributed by atoms with E-state index in [1.165, 1.54) is 12.1 Å². The first-order valence-corrected chi connectivity index (χ1v) is 16.5. The molecule has 2 heterocycles. The number of anilines is 1. The van der Waals surface area contributed by atoms with E-state index in [1.54, 1.807) is 43.3 Å². The average molecular weight is 657 g/mol. The number of ether oxygens (including phenoxy) is 1. The van der Waals surface area contributed by atoms with Crippen molar-refractivity contribution in [1.82, 2.24) is 10.2 Å². The van der Waals surface area contributed by atoms with Gasteiger partial charge in [-0.25, -0.2) is 8.42 Å². The van der Waals surface area contributed by atoms with E-state index in [1.807, 2.05) is 15.9 Å². The summed E-state index contributed by atoms with van der Waals surface area (Å²) in [5.41, 5.74) is 1.51. The highest BCUT2D eigenvalue weighted by atomic mass is 32.2. The number of hydrogen-bond acceptors (Lipinski definition) is 7. The normalized spacial score (nSPS) is 21.0. The number of benzene rings is 2. The van der Waals surface area contributed by atoms with Crippen molar-refractivity contribution in [2.45, 2.75) is 74.8 Å². The van der Waals surface area contributed by atoms with Gasteiger partial charge in [0.1, 0.15) is 0 Å². The lowest BCUT2D eigenvalue weighted by molar-refractivity contribution is -0.186. The smallest absolute Gasteiger partial charge is 0.365 e. The van der Waals surface area contributed by atoms with Crippen molar-refractivity contribution < 1.29 is 39.9 Å². The van der Waals surface area contributed by atoms with Crippen LogP contribution in [0.5, 0.6) is 0 Å². The average Bonchev–Trinajstić information content (AvgIpc) is 3.03. The molecule has 1 unspecified atom stereocenters. The third kappa shape index (κ3) is 8.92. The first kappa shape index (κ1) is 34.6. The Morgan fingerprint density at radius 1 is 1.04 bits per heavy atom. The fourth-order valence-corrected chi connectivity index (χ4v) is 6.92. The Hall–Kier alpha value is -3.28. The van der Waals surface area contributed by atoms with Crippen LogP contribution in [0.4, 0.5) is 27.6 Å². The van der Waals surface area contributed by atoms with E-state index in [0.717, 1.165) is 0 Å². The van der Waals surface area contributed by atoms with Crippen molar-refractivity contribution >= 4 is 21.4 Å². The van der Waals surface area contributed by atoms with Gasteiger partial charge in [0.25, 0.3) is 5.91 Å². The van der Waals surface area contributed by atoms with E-state index >= 15 is 0 Å². The van der Waals surface area contributed by atoms with Crippen molar-refractivity contribution in [2.24, 2.45) is 5.92 Å². The second-order valence-corrected chi connectivity index (χ2v) is 13.7. The quantitative estimate of drug-likeness (QED) is 0.309. The highest BCUT2D eigenvalue weighted by Crippen LogP contribution is 2.36. The standard InChI is InChI=1S/C31H37F5N4O4S/c1-2-45(42,43)27-11-5-21(6-12-27)28(13-16-37)38-29(41)22-3-7-24(8-4-22)40-19-25(9-10-26(40)20-44-30(32)33)39-17-14-23(15-18-39)31(34,35)36/h3-8,11-12,23,25-26,28,30H,2,9-10,13-15,17-20H2,1H3,(H,38,41)/t25-,26?,28+/m1/s1. The van der Waals surface area contributed by atoms with Crippen LogP contribution in [0, 0.1) is 17.2 Å².